The Hall–Kier alpha value is -2.14. The Labute approximate surface area is 137 Å². The van der Waals surface area contributed by atoms with Crippen LogP contribution in [0, 0.1) is 6.92 Å². The SMILES string of the molecule is Cc1ccc(CNc2nccc(N3C[C@@H](C)O[C@@H](C)C3)n2)cc1. The Kier molecular flexibility index (Phi) is 4.76. The number of aryl methyl sites for hydroxylation is 1. The summed E-state index contributed by atoms with van der Waals surface area (Å²) in [6.45, 7) is 8.73. The molecule has 5 nitrogen and oxygen atoms in total. The lowest BCUT2D eigenvalue weighted by molar-refractivity contribution is -0.00545. The van der Waals surface area contributed by atoms with E-state index in [9.17, 15) is 0 Å². The maximum absolute atomic E-state index is 5.78. The van der Waals surface area contributed by atoms with Crippen molar-refractivity contribution < 1.29 is 4.74 Å². The van der Waals surface area contributed by atoms with E-state index in [1.54, 1.807) is 0 Å². The van der Waals surface area contributed by atoms with Crippen molar-refractivity contribution in [1.82, 2.24) is 9.97 Å². The lowest BCUT2D eigenvalue weighted by atomic mass is 10.1. The van der Waals surface area contributed by atoms with E-state index in [-0.39, 0.29) is 12.2 Å². The summed E-state index contributed by atoms with van der Waals surface area (Å²) in [7, 11) is 0. The fourth-order valence-corrected chi connectivity index (χ4v) is 2.86. The number of nitrogens with one attached hydrogen (secondary N) is 1. The Balaban J connectivity index is 1.66. The molecular formula is C18H24N4O. The maximum atomic E-state index is 5.78. The van der Waals surface area contributed by atoms with E-state index >= 15 is 0 Å². The van der Waals surface area contributed by atoms with Gasteiger partial charge in [0.05, 0.1) is 12.2 Å². The molecule has 1 aliphatic heterocycles. The van der Waals surface area contributed by atoms with Gasteiger partial charge in [0.2, 0.25) is 5.95 Å². The van der Waals surface area contributed by atoms with Gasteiger partial charge in [-0.1, -0.05) is 29.8 Å². The number of hydrogen-bond donors (Lipinski definition) is 1. The molecule has 122 valence electrons. The third-order valence-corrected chi connectivity index (χ3v) is 3.96. The minimum atomic E-state index is 0.220. The highest BCUT2D eigenvalue weighted by Gasteiger charge is 2.23. The normalized spacial score (nSPS) is 21.3. The number of benzene rings is 1. The summed E-state index contributed by atoms with van der Waals surface area (Å²) in [6, 6.07) is 10.4. The van der Waals surface area contributed by atoms with E-state index in [1.807, 2.05) is 12.3 Å². The van der Waals surface area contributed by atoms with Crippen LogP contribution in [0.15, 0.2) is 36.5 Å². The molecule has 2 heterocycles. The second kappa shape index (κ2) is 6.96. The third-order valence-electron chi connectivity index (χ3n) is 3.96. The predicted octanol–water partition coefficient (Wildman–Crippen LogP) is 3.01. The van der Waals surface area contributed by atoms with Gasteiger partial charge in [0.25, 0.3) is 0 Å². The highest BCUT2D eigenvalue weighted by atomic mass is 16.5. The zero-order chi connectivity index (χ0) is 16.2. The first-order chi connectivity index (χ1) is 11.1. The van der Waals surface area contributed by atoms with Crippen molar-refractivity contribution >= 4 is 11.8 Å². The molecule has 0 bridgehead atoms. The average molecular weight is 312 g/mol. The zero-order valence-electron chi connectivity index (χ0n) is 14.0. The summed E-state index contributed by atoms with van der Waals surface area (Å²) in [5, 5.41) is 3.30. The summed E-state index contributed by atoms with van der Waals surface area (Å²) in [4.78, 5) is 11.2. The van der Waals surface area contributed by atoms with Crippen LogP contribution in [0.25, 0.3) is 0 Å². The van der Waals surface area contributed by atoms with Gasteiger partial charge in [0, 0.05) is 25.8 Å². The van der Waals surface area contributed by atoms with Crippen molar-refractivity contribution in [2.24, 2.45) is 0 Å². The van der Waals surface area contributed by atoms with Crippen LogP contribution in [0.2, 0.25) is 0 Å². The quantitative estimate of drug-likeness (QED) is 0.940. The molecule has 23 heavy (non-hydrogen) atoms. The van der Waals surface area contributed by atoms with Crippen LogP contribution in [0.4, 0.5) is 11.8 Å². The number of morpholine rings is 1. The van der Waals surface area contributed by atoms with Gasteiger partial charge < -0.3 is 15.0 Å². The smallest absolute Gasteiger partial charge is 0.224 e. The molecular weight excluding hydrogens is 288 g/mol. The van der Waals surface area contributed by atoms with E-state index in [1.165, 1.54) is 11.1 Å². The Bertz CT molecular complexity index is 634. The van der Waals surface area contributed by atoms with Crippen LogP contribution < -0.4 is 10.2 Å². The molecule has 5 heteroatoms. The first kappa shape index (κ1) is 15.7. The van der Waals surface area contributed by atoms with E-state index in [4.69, 9.17) is 4.74 Å². The molecule has 0 amide bonds. The van der Waals surface area contributed by atoms with E-state index in [2.05, 4.69) is 65.2 Å². The van der Waals surface area contributed by atoms with E-state index < -0.39 is 0 Å². The molecule has 0 unspecified atom stereocenters. The molecule has 1 saturated heterocycles. The van der Waals surface area contributed by atoms with Crippen molar-refractivity contribution in [3.8, 4) is 0 Å². The fraction of sp³-hybridized carbons (Fsp3) is 0.444. The van der Waals surface area contributed by atoms with E-state index in [0.717, 1.165) is 25.5 Å². The molecule has 0 aliphatic carbocycles. The number of nitrogens with zero attached hydrogens (tertiary/aromatic N) is 3. The highest BCUT2D eigenvalue weighted by Crippen LogP contribution is 2.19. The van der Waals surface area contributed by atoms with Crippen LogP contribution >= 0.6 is 0 Å². The largest absolute Gasteiger partial charge is 0.372 e. The van der Waals surface area contributed by atoms with Crippen LogP contribution in [0.3, 0.4) is 0 Å². The predicted molar refractivity (Wildman–Crippen MR) is 92.8 cm³/mol. The Morgan fingerprint density at radius 3 is 2.52 bits per heavy atom. The van der Waals surface area contributed by atoms with Gasteiger partial charge in [0.1, 0.15) is 5.82 Å². The molecule has 1 aromatic heterocycles. The van der Waals surface area contributed by atoms with Crippen molar-refractivity contribution in [3.05, 3.63) is 47.7 Å². The molecule has 2 aromatic rings. The fourth-order valence-electron chi connectivity index (χ4n) is 2.86. The lowest BCUT2D eigenvalue weighted by Crippen LogP contribution is -2.45. The van der Waals surface area contributed by atoms with Gasteiger partial charge in [-0.05, 0) is 32.4 Å². The van der Waals surface area contributed by atoms with Gasteiger partial charge in [-0.25, -0.2) is 4.98 Å². The van der Waals surface area contributed by atoms with Crippen molar-refractivity contribution in [3.63, 3.8) is 0 Å². The van der Waals surface area contributed by atoms with Gasteiger partial charge in [-0.15, -0.1) is 0 Å². The lowest BCUT2D eigenvalue weighted by Gasteiger charge is -2.36. The minimum Gasteiger partial charge on any atom is -0.372 e. The molecule has 1 fully saturated rings. The van der Waals surface area contributed by atoms with Gasteiger partial charge >= 0.3 is 0 Å². The first-order valence-electron chi connectivity index (χ1n) is 8.13. The van der Waals surface area contributed by atoms with Crippen LogP contribution in [0.1, 0.15) is 25.0 Å². The Morgan fingerprint density at radius 1 is 1.13 bits per heavy atom. The number of hydrogen-bond acceptors (Lipinski definition) is 5. The van der Waals surface area contributed by atoms with Gasteiger partial charge in [0.15, 0.2) is 0 Å². The average Bonchev–Trinajstić information content (AvgIpc) is 2.54. The Morgan fingerprint density at radius 2 is 1.83 bits per heavy atom. The number of ether oxygens (including phenoxy) is 1. The first-order valence-corrected chi connectivity index (χ1v) is 8.13. The molecule has 2 atom stereocenters. The monoisotopic (exact) mass is 312 g/mol. The number of aromatic nitrogens is 2. The summed E-state index contributed by atoms with van der Waals surface area (Å²) < 4.78 is 5.78. The van der Waals surface area contributed by atoms with Gasteiger partial charge in [-0.2, -0.15) is 4.98 Å². The summed E-state index contributed by atoms with van der Waals surface area (Å²) in [6.07, 6.45) is 2.25. The van der Waals surface area contributed by atoms with Crippen LogP contribution in [-0.4, -0.2) is 35.3 Å². The molecule has 1 aliphatic rings. The standard InChI is InChI=1S/C18H24N4O/c1-13-4-6-16(7-5-13)10-20-18-19-9-8-17(21-18)22-11-14(2)23-15(3)12-22/h4-9,14-15H,10-12H2,1-3H3,(H,19,20,21)/t14-,15+. The van der Waals surface area contributed by atoms with Crippen LogP contribution in [0.5, 0.6) is 0 Å². The maximum Gasteiger partial charge on any atom is 0.224 e. The molecule has 1 aromatic carbocycles. The molecule has 0 radical (unpaired) electrons. The second-order valence-electron chi connectivity index (χ2n) is 6.24. The second-order valence-corrected chi connectivity index (χ2v) is 6.24. The van der Waals surface area contributed by atoms with Crippen molar-refractivity contribution in [2.75, 3.05) is 23.3 Å². The summed E-state index contributed by atoms with van der Waals surface area (Å²) in [5.74, 6) is 1.61. The van der Waals surface area contributed by atoms with E-state index in [0.29, 0.717) is 5.95 Å². The molecule has 0 spiro atoms. The summed E-state index contributed by atoms with van der Waals surface area (Å²) in [5.41, 5.74) is 2.49. The summed E-state index contributed by atoms with van der Waals surface area (Å²) >= 11 is 0. The van der Waals surface area contributed by atoms with Gasteiger partial charge in [-0.3, -0.25) is 0 Å². The molecule has 1 N–H and O–H groups in total. The highest BCUT2D eigenvalue weighted by molar-refractivity contribution is 5.43. The third kappa shape index (κ3) is 4.20. The topological polar surface area (TPSA) is 50.3 Å². The van der Waals surface area contributed by atoms with Crippen LogP contribution in [-0.2, 0) is 11.3 Å². The number of anilines is 2. The van der Waals surface area contributed by atoms with Crippen molar-refractivity contribution in [2.45, 2.75) is 39.5 Å². The minimum absolute atomic E-state index is 0.220. The molecule has 3 rings (SSSR count). The molecule has 0 saturated carbocycles. The van der Waals surface area contributed by atoms with Crippen molar-refractivity contribution in [1.29, 1.82) is 0 Å². The zero-order valence-corrected chi connectivity index (χ0v) is 14.0. The number of rotatable bonds is 4.